The SMILES string of the molecule is COC(=O)C1(C)OC1(C(C)C)C(C)C. The minimum Gasteiger partial charge on any atom is -0.467 e. The van der Waals surface area contributed by atoms with Crippen molar-refractivity contribution >= 4 is 5.97 Å². The van der Waals surface area contributed by atoms with Crippen LogP contribution in [0.4, 0.5) is 0 Å². The van der Waals surface area contributed by atoms with Gasteiger partial charge < -0.3 is 9.47 Å². The highest BCUT2D eigenvalue weighted by Gasteiger charge is 2.74. The summed E-state index contributed by atoms with van der Waals surface area (Å²) in [5.74, 6) is 0.359. The first-order valence-corrected chi connectivity index (χ1v) is 5.11. The summed E-state index contributed by atoms with van der Waals surface area (Å²) in [6.45, 7) is 10.1. The number of hydrogen-bond acceptors (Lipinski definition) is 3. The summed E-state index contributed by atoms with van der Waals surface area (Å²) in [7, 11) is 1.40. The highest BCUT2D eigenvalue weighted by Crippen LogP contribution is 2.57. The van der Waals surface area contributed by atoms with Gasteiger partial charge in [-0.05, 0) is 18.8 Å². The third-order valence-electron chi connectivity index (χ3n) is 3.37. The van der Waals surface area contributed by atoms with Gasteiger partial charge in [-0.1, -0.05) is 27.7 Å². The second kappa shape index (κ2) is 3.23. The van der Waals surface area contributed by atoms with Crippen LogP contribution >= 0.6 is 0 Å². The molecule has 1 aliphatic rings. The lowest BCUT2D eigenvalue weighted by Gasteiger charge is -2.23. The Balaban J connectivity index is 2.94. The van der Waals surface area contributed by atoms with Crippen LogP contribution < -0.4 is 0 Å². The van der Waals surface area contributed by atoms with Gasteiger partial charge in [0.1, 0.15) is 5.60 Å². The minimum atomic E-state index is -0.746. The zero-order valence-electron chi connectivity index (χ0n) is 9.88. The summed E-state index contributed by atoms with van der Waals surface area (Å²) in [6.07, 6.45) is 0. The Morgan fingerprint density at radius 1 is 1.21 bits per heavy atom. The van der Waals surface area contributed by atoms with Gasteiger partial charge in [0.25, 0.3) is 0 Å². The van der Waals surface area contributed by atoms with Crippen molar-refractivity contribution in [3.63, 3.8) is 0 Å². The number of carbonyl (C=O) groups excluding carboxylic acids is 1. The summed E-state index contributed by atoms with van der Waals surface area (Å²) in [6, 6.07) is 0. The molecule has 0 N–H and O–H groups in total. The van der Waals surface area contributed by atoms with Crippen LogP contribution in [-0.2, 0) is 14.3 Å². The quantitative estimate of drug-likeness (QED) is 0.516. The normalized spacial score (nSPS) is 29.4. The van der Waals surface area contributed by atoms with E-state index in [1.54, 1.807) is 0 Å². The number of methoxy groups -OCH3 is 1. The molecular weight excluding hydrogens is 180 g/mol. The summed E-state index contributed by atoms with van der Waals surface area (Å²) < 4.78 is 10.5. The van der Waals surface area contributed by atoms with E-state index in [1.807, 2.05) is 6.92 Å². The number of carbonyl (C=O) groups is 1. The summed E-state index contributed by atoms with van der Waals surface area (Å²) in [4.78, 5) is 11.6. The van der Waals surface area contributed by atoms with Crippen LogP contribution in [0.15, 0.2) is 0 Å². The molecule has 3 nitrogen and oxygen atoms in total. The summed E-state index contributed by atoms with van der Waals surface area (Å²) in [5, 5.41) is 0. The maximum absolute atomic E-state index is 11.6. The van der Waals surface area contributed by atoms with E-state index in [2.05, 4.69) is 27.7 Å². The summed E-state index contributed by atoms with van der Waals surface area (Å²) >= 11 is 0. The van der Waals surface area contributed by atoms with Crippen molar-refractivity contribution in [3.8, 4) is 0 Å². The molecule has 1 aliphatic heterocycles. The first-order valence-electron chi connectivity index (χ1n) is 5.11. The van der Waals surface area contributed by atoms with E-state index >= 15 is 0 Å². The number of epoxide rings is 1. The standard InChI is InChI=1S/C11H20O3/c1-7(2)11(8(3)4)10(5,14-11)9(12)13-6/h7-8H,1-6H3. The molecule has 82 valence electrons. The van der Waals surface area contributed by atoms with Crippen LogP contribution in [0.5, 0.6) is 0 Å². The molecule has 0 aromatic rings. The van der Waals surface area contributed by atoms with Crippen molar-refractivity contribution in [1.29, 1.82) is 0 Å². The maximum Gasteiger partial charge on any atom is 0.340 e. The fourth-order valence-corrected chi connectivity index (χ4v) is 2.71. The van der Waals surface area contributed by atoms with Crippen LogP contribution in [-0.4, -0.2) is 24.3 Å². The van der Waals surface area contributed by atoms with Crippen molar-refractivity contribution in [1.82, 2.24) is 0 Å². The second-order valence-corrected chi connectivity index (χ2v) is 4.73. The van der Waals surface area contributed by atoms with Gasteiger partial charge >= 0.3 is 5.97 Å². The van der Waals surface area contributed by atoms with E-state index in [0.717, 1.165) is 0 Å². The van der Waals surface area contributed by atoms with Crippen LogP contribution in [0.1, 0.15) is 34.6 Å². The lowest BCUT2D eigenvalue weighted by molar-refractivity contribution is -0.146. The molecule has 1 saturated heterocycles. The average Bonchev–Trinajstić information content (AvgIpc) is 2.74. The van der Waals surface area contributed by atoms with Crippen LogP contribution in [0.2, 0.25) is 0 Å². The average molecular weight is 200 g/mol. The second-order valence-electron chi connectivity index (χ2n) is 4.73. The van der Waals surface area contributed by atoms with Crippen LogP contribution in [0.25, 0.3) is 0 Å². The predicted molar refractivity (Wildman–Crippen MR) is 53.9 cm³/mol. The number of hydrogen-bond donors (Lipinski definition) is 0. The first kappa shape index (κ1) is 11.5. The van der Waals surface area contributed by atoms with E-state index in [1.165, 1.54) is 7.11 Å². The van der Waals surface area contributed by atoms with Gasteiger partial charge in [-0.25, -0.2) is 4.79 Å². The molecule has 0 aromatic heterocycles. The molecule has 0 bridgehead atoms. The Morgan fingerprint density at radius 3 is 1.86 bits per heavy atom. The zero-order valence-corrected chi connectivity index (χ0v) is 9.88. The summed E-state index contributed by atoms with van der Waals surface area (Å²) in [5.41, 5.74) is -1.09. The molecule has 0 spiro atoms. The van der Waals surface area contributed by atoms with E-state index < -0.39 is 5.60 Å². The van der Waals surface area contributed by atoms with E-state index in [-0.39, 0.29) is 11.6 Å². The molecular formula is C11H20O3. The van der Waals surface area contributed by atoms with Gasteiger partial charge in [-0.15, -0.1) is 0 Å². The third-order valence-corrected chi connectivity index (χ3v) is 3.37. The van der Waals surface area contributed by atoms with Gasteiger partial charge in [0, 0.05) is 0 Å². The molecule has 3 heteroatoms. The fraction of sp³-hybridized carbons (Fsp3) is 0.909. The fourth-order valence-electron chi connectivity index (χ4n) is 2.71. The Hall–Kier alpha value is -0.570. The lowest BCUT2D eigenvalue weighted by atomic mass is 9.76. The molecule has 0 aromatic carbocycles. The molecule has 1 heterocycles. The minimum absolute atomic E-state index is 0.264. The Labute approximate surface area is 85.8 Å². The number of ether oxygens (including phenoxy) is 2. The molecule has 14 heavy (non-hydrogen) atoms. The molecule has 1 fully saturated rings. The van der Waals surface area contributed by atoms with Crippen molar-refractivity contribution in [2.75, 3.05) is 7.11 Å². The lowest BCUT2D eigenvalue weighted by Crippen LogP contribution is -2.39. The van der Waals surface area contributed by atoms with Gasteiger partial charge in [0.05, 0.1) is 7.11 Å². The number of rotatable bonds is 3. The van der Waals surface area contributed by atoms with E-state index in [4.69, 9.17) is 9.47 Å². The molecule has 0 radical (unpaired) electrons. The largest absolute Gasteiger partial charge is 0.467 e. The molecule has 0 amide bonds. The topological polar surface area (TPSA) is 38.8 Å². The predicted octanol–water partition coefficient (Wildman–Crippen LogP) is 2.00. The van der Waals surface area contributed by atoms with Gasteiger partial charge in [0.2, 0.25) is 0 Å². The molecule has 1 unspecified atom stereocenters. The Kier molecular flexibility index (Phi) is 2.65. The van der Waals surface area contributed by atoms with Gasteiger partial charge in [-0.3, -0.25) is 0 Å². The Bertz CT molecular complexity index is 237. The highest BCUT2D eigenvalue weighted by atomic mass is 16.7. The molecule has 1 rings (SSSR count). The number of esters is 1. The molecule has 1 atom stereocenters. The van der Waals surface area contributed by atoms with Gasteiger partial charge in [0.15, 0.2) is 5.60 Å². The van der Waals surface area contributed by atoms with Crippen LogP contribution in [0.3, 0.4) is 0 Å². The van der Waals surface area contributed by atoms with Crippen molar-refractivity contribution in [2.45, 2.75) is 45.8 Å². The van der Waals surface area contributed by atoms with Crippen molar-refractivity contribution < 1.29 is 14.3 Å². The van der Waals surface area contributed by atoms with E-state index in [0.29, 0.717) is 11.8 Å². The Morgan fingerprint density at radius 2 is 1.64 bits per heavy atom. The highest BCUT2D eigenvalue weighted by molar-refractivity contribution is 5.84. The van der Waals surface area contributed by atoms with Gasteiger partial charge in [-0.2, -0.15) is 0 Å². The van der Waals surface area contributed by atoms with Crippen LogP contribution in [0, 0.1) is 11.8 Å². The van der Waals surface area contributed by atoms with Crippen molar-refractivity contribution in [2.24, 2.45) is 11.8 Å². The smallest absolute Gasteiger partial charge is 0.340 e. The van der Waals surface area contributed by atoms with Crippen molar-refractivity contribution in [3.05, 3.63) is 0 Å². The van der Waals surface area contributed by atoms with E-state index in [9.17, 15) is 4.79 Å². The molecule has 0 saturated carbocycles. The first-order chi connectivity index (χ1) is 6.33. The maximum atomic E-state index is 11.6. The molecule has 0 aliphatic carbocycles. The monoisotopic (exact) mass is 200 g/mol. The zero-order chi connectivity index (χ0) is 11.1. The third kappa shape index (κ3) is 1.18.